The lowest BCUT2D eigenvalue weighted by Crippen LogP contribution is -2.67. The van der Waals surface area contributed by atoms with Crippen LogP contribution in [-0.2, 0) is 40.3 Å². The van der Waals surface area contributed by atoms with Crippen molar-refractivity contribution in [3.63, 3.8) is 0 Å². The number of ether oxygens (including phenoxy) is 8. The molecule has 4 aromatic carbocycles. The molecule has 101 heavy (non-hydrogen) atoms. The fourth-order valence-corrected chi connectivity index (χ4v) is 20.6. The molecule has 0 heterocycles. The normalized spacial score (nSPS) is 19.4. The van der Waals surface area contributed by atoms with Crippen molar-refractivity contribution in [3.05, 3.63) is 125 Å². The summed E-state index contributed by atoms with van der Waals surface area (Å²) in [6.45, 7) is 16.6. The van der Waals surface area contributed by atoms with Gasteiger partial charge in [-0.25, -0.2) is 0 Å². The molecule has 0 bridgehead atoms. The number of likely N-dealkylation sites (N-methyl/N-ethyl adjacent to an activating group) is 1. The third kappa shape index (κ3) is 21.7. The molecule has 3 aliphatic rings. The standard InChI is InChI=1S/C76H108F9N4O9PS2/c1-56(2)99(90,57(3)4)89(42-15-38-86)54-58(55-98-72(60-20-11-10-12-21-60,61-23-27-63(91-8)28-24-61)62-25-29-64(92-9)30-26-62)19-13-14-39-87(6)40-16-44-93-49-51-100-101-52-50-94-45-17-41-88(7)43-48-95-65-31-33-66-59(53-65)22-32-68-67(66)36-37-71(5)69(68)34-35-70(71)96-46-18-47-97-73(74(77,78)79,75(80,81)82)76(83,84)85/h10-12,20-21,23-31,33,53,56-58,67-70H,13-19,22,32,34-37,39-52,54-55H2,1-9H3/t58?,67-,68-,69+,70+,71+/m1/s1. The molecule has 0 N–H and O–H groups in total. The van der Waals surface area contributed by atoms with E-state index in [1.807, 2.05) is 76.2 Å². The Hall–Kier alpha value is -4.25. The van der Waals surface area contributed by atoms with E-state index < -0.39 is 50.1 Å². The maximum absolute atomic E-state index is 15.1. The molecule has 0 aromatic heterocycles. The molecule has 6 atom stereocenters. The highest BCUT2D eigenvalue weighted by atomic mass is 33.1. The highest BCUT2D eigenvalue weighted by molar-refractivity contribution is 8.76. The van der Waals surface area contributed by atoms with Gasteiger partial charge in [-0.05, 0) is 185 Å². The molecule has 13 nitrogen and oxygen atoms in total. The van der Waals surface area contributed by atoms with Gasteiger partial charge in [0.1, 0.15) is 29.5 Å². The smallest absolute Gasteiger partial charge is 0.435 e. The van der Waals surface area contributed by atoms with Crippen molar-refractivity contribution >= 4 is 28.9 Å². The summed E-state index contributed by atoms with van der Waals surface area (Å²) in [4.78, 5) is 4.61. The Balaban J connectivity index is 0.749. The number of benzene rings is 4. The number of unbranched alkanes of at least 4 members (excludes halogenated alkanes) is 1. The second-order valence-corrected chi connectivity index (χ2v) is 34.7. The third-order valence-electron chi connectivity index (χ3n) is 20.8. The maximum Gasteiger partial charge on any atom is 0.435 e. The molecule has 4 aromatic rings. The first-order valence-electron chi connectivity index (χ1n) is 35.8. The molecule has 2 saturated carbocycles. The summed E-state index contributed by atoms with van der Waals surface area (Å²) in [5.41, 5.74) is -2.27. The van der Waals surface area contributed by atoms with E-state index >= 15 is 4.57 Å². The van der Waals surface area contributed by atoms with Gasteiger partial charge in [-0.15, -0.1) is 0 Å². The summed E-state index contributed by atoms with van der Waals surface area (Å²) in [6.07, 6.45) is -11.3. The van der Waals surface area contributed by atoms with E-state index in [0.717, 1.165) is 136 Å². The SMILES string of the molecule is COc1ccc(C(OCC(CCCCN(C)CCCOCCSSCCOCCCN(C)CCOc2ccc3c(c2)CC[C@@H]2[C@@H]3CC[C@]3(C)[C@@H](OCCCOC(C(F)(F)F)(C(F)(F)F)C(F)(F)F)CC[C@@H]23)CN(CCC#N)P(=O)(C(C)C)C(C)C)(c2ccccc2)c2ccc(OC)cc2)cc1. The van der Waals surface area contributed by atoms with E-state index in [2.05, 4.69) is 94.8 Å². The van der Waals surface area contributed by atoms with Crippen LogP contribution in [0, 0.1) is 34.5 Å². The van der Waals surface area contributed by atoms with Crippen molar-refractivity contribution in [2.75, 3.05) is 132 Å². The number of fused-ring (bicyclic) bond motifs is 5. The van der Waals surface area contributed by atoms with Crippen LogP contribution in [0.25, 0.3) is 0 Å². The molecule has 3 aliphatic carbocycles. The lowest BCUT2D eigenvalue weighted by Gasteiger charge is -2.50. The zero-order chi connectivity index (χ0) is 73.5. The van der Waals surface area contributed by atoms with E-state index in [1.54, 1.807) is 35.8 Å². The molecule has 25 heteroatoms. The van der Waals surface area contributed by atoms with Crippen molar-refractivity contribution in [1.82, 2.24) is 14.5 Å². The van der Waals surface area contributed by atoms with Crippen molar-refractivity contribution in [2.45, 2.75) is 171 Å². The number of methoxy groups -OCH3 is 2. The highest BCUT2D eigenvalue weighted by Gasteiger charge is 2.85. The zero-order valence-corrected chi connectivity index (χ0v) is 62.9. The quantitative estimate of drug-likeness (QED) is 0.0137. The second-order valence-electron chi connectivity index (χ2n) is 28.0. The van der Waals surface area contributed by atoms with Crippen molar-refractivity contribution in [2.24, 2.45) is 23.2 Å². The molecule has 0 spiro atoms. The minimum Gasteiger partial charge on any atom is -0.497 e. The highest BCUT2D eigenvalue weighted by Crippen LogP contribution is 2.63. The van der Waals surface area contributed by atoms with E-state index in [4.69, 9.17) is 33.2 Å². The summed E-state index contributed by atoms with van der Waals surface area (Å²) in [7, 11) is 8.27. The monoisotopic (exact) mass is 1490 g/mol. The Bertz CT molecular complexity index is 3070. The summed E-state index contributed by atoms with van der Waals surface area (Å²) in [6, 6.07) is 35.1. The Morgan fingerprint density at radius 2 is 1.17 bits per heavy atom. The number of aryl methyl sites for hydroxylation is 1. The van der Waals surface area contributed by atoms with Crippen LogP contribution in [0.15, 0.2) is 97.1 Å². The van der Waals surface area contributed by atoms with Gasteiger partial charge in [0.15, 0.2) is 7.29 Å². The number of hydrogen-bond acceptors (Lipinski definition) is 14. The van der Waals surface area contributed by atoms with Gasteiger partial charge in [-0.2, -0.15) is 44.8 Å². The summed E-state index contributed by atoms with van der Waals surface area (Å²) in [5, 5.41) is 9.82. The number of rotatable bonds is 45. The summed E-state index contributed by atoms with van der Waals surface area (Å²) < 4.78 is 184. The first-order valence-corrected chi connectivity index (χ1v) is 40.1. The molecule has 0 aliphatic heterocycles. The van der Waals surface area contributed by atoms with Gasteiger partial charge in [0.05, 0.1) is 52.8 Å². The average molecular weight is 1490 g/mol. The van der Waals surface area contributed by atoms with Crippen molar-refractivity contribution < 1.29 is 82.0 Å². The fourth-order valence-electron chi connectivity index (χ4n) is 15.5. The number of nitrogens with zero attached hydrogens (tertiary/aromatic N) is 4. The van der Waals surface area contributed by atoms with E-state index in [-0.39, 0.29) is 47.7 Å². The van der Waals surface area contributed by atoms with Gasteiger partial charge in [0.2, 0.25) is 0 Å². The molecule has 7 rings (SSSR count). The van der Waals surface area contributed by atoms with Gasteiger partial charge >= 0.3 is 24.1 Å². The van der Waals surface area contributed by atoms with Crippen LogP contribution in [0.1, 0.15) is 145 Å². The Morgan fingerprint density at radius 1 is 0.614 bits per heavy atom. The number of hydrogen-bond donors (Lipinski definition) is 0. The number of nitriles is 1. The predicted molar refractivity (Wildman–Crippen MR) is 384 cm³/mol. The van der Waals surface area contributed by atoms with Gasteiger partial charge in [0, 0.05) is 81.8 Å². The summed E-state index contributed by atoms with van der Waals surface area (Å²) >= 11 is 0. The number of halogens is 9. The van der Waals surface area contributed by atoms with Crippen LogP contribution >= 0.6 is 28.9 Å². The third-order valence-corrected chi connectivity index (χ3v) is 27.4. The molecule has 0 saturated heterocycles. The maximum atomic E-state index is 15.1. The first kappa shape index (κ1) is 84.0. The van der Waals surface area contributed by atoms with Gasteiger partial charge in [-0.3, -0.25) is 4.67 Å². The lowest BCUT2D eigenvalue weighted by atomic mass is 9.55. The fraction of sp³-hybridized carbons (Fsp3) is 0.671. The number of alkyl halides is 9. The molecule has 566 valence electrons. The van der Waals surface area contributed by atoms with Crippen LogP contribution in [0.2, 0.25) is 0 Å². The van der Waals surface area contributed by atoms with Gasteiger partial charge in [-0.1, -0.05) is 123 Å². The minimum absolute atomic E-state index is 0.00242. The Morgan fingerprint density at radius 3 is 1.72 bits per heavy atom. The van der Waals surface area contributed by atoms with E-state index in [9.17, 15) is 44.8 Å². The Kier molecular flexibility index (Phi) is 32.8. The predicted octanol–water partition coefficient (Wildman–Crippen LogP) is 18.3. The van der Waals surface area contributed by atoms with Crippen LogP contribution < -0.4 is 14.2 Å². The van der Waals surface area contributed by atoms with Crippen LogP contribution in [-0.4, -0.2) is 188 Å². The van der Waals surface area contributed by atoms with E-state index in [0.29, 0.717) is 71.0 Å². The molecular formula is C76H108F9N4O9PS2. The van der Waals surface area contributed by atoms with Crippen LogP contribution in [0.5, 0.6) is 17.2 Å². The van der Waals surface area contributed by atoms with Crippen molar-refractivity contribution in [3.8, 4) is 23.3 Å². The van der Waals surface area contributed by atoms with Crippen molar-refractivity contribution in [1.29, 1.82) is 5.26 Å². The first-order chi connectivity index (χ1) is 48.1. The zero-order valence-electron chi connectivity index (χ0n) is 60.4. The summed E-state index contributed by atoms with van der Waals surface area (Å²) in [5.74, 6) is 5.08. The van der Waals surface area contributed by atoms with Gasteiger partial charge in [0.25, 0.3) is 0 Å². The average Bonchev–Trinajstić information content (AvgIpc) is 1.28. The molecule has 0 radical (unpaired) electrons. The molecule has 0 amide bonds. The molecule has 2 fully saturated rings. The minimum atomic E-state index is -6.76. The van der Waals surface area contributed by atoms with E-state index in [1.165, 1.54) is 11.1 Å². The van der Waals surface area contributed by atoms with Crippen LogP contribution in [0.3, 0.4) is 0 Å². The van der Waals surface area contributed by atoms with Gasteiger partial charge < -0.3 is 52.3 Å². The molecular weight excluding hydrogens is 1380 g/mol. The topological polar surface area (TPSA) is 124 Å². The molecule has 1 unspecified atom stereocenters. The Labute approximate surface area is 602 Å². The van der Waals surface area contributed by atoms with Crippen LogP contribution in [0.4, 0.5) is 39.5 Å². The second kappa shape index (κ2) is 39.4. The largest absolute Gasteiger partial charge is 0.497 e. The lowest BCUT2D eigenvalue weighted by molar-refractivity contribution is -0.457.